The Balaban J connectivity index is 0.000000335. The number of aldehydes is 1. The van der Waals surface area contributed by atoms with Crippen LogP contribution in [-0.2, 0) is 0 Å². The van der Waals surface area contributed by atoms with Gasteiger partial charge in [0.2, 0.25) is 8.32 Å². The quantitative estimate of drug-likeness (QED) is 0.651. The molecule has 1 aromatic carbocycles. The summed E-state index contributed by atoms with van der Waals surface area (Å²) in [6, 6.07) is 7.30. The highest BCUT2D eigenvalue weighted by atomic mass is 28.4. The van der Waals surface area contributed by atoms with Crippen molar-refractivity contribution in [3.63, 3.8) is 0 Å². The van der Waals surface area contributed by atoms with Crippen molar-refractivity contribution in [1.82, 2.24) is 5.32 Å². The van der Waals surface area contributed by atoms with Crippen molar-refractivity contribution in [2.45, 2.75) is 58.2 Å². The Morgan fingerprint density at radius 2 is 1.59 bits per heavy atom. The molecule has 0 radical (unpaired) electrons. The molecule has 0 amide bonds. The number of benzene rings is 1. The highest BCUT2D eigenvalue weighted by Crippen LogP contribution is 2.37. The topological polar surface area (TPSA) is 38.3 Å². The van der Waals surface area contributed by atoms with Gasteiger partial charge in [-0.2, -0.15) is 0 Å². The van der Waals surface area contributed by atoms with Crippen LogP contribution < -0.4 is 9.74 Å². The molecule has 0 saturated carbocycles. The van der Waals surface area contributed by atoms with Crippen LogP contribution in [0.1, 0.15) is 50.4 Å². The molecule has 1 aliphatic rings. The second-order valence-corrected chi connectivity index (χ2v) is 12.1. The van der Waals surface area contributed by atoms with E-state index in [9.17, 15) is 4.79 Å². The minimum atomic E-state index is -1.76. The Labute approximate surface area is 136 Å². The number of rotatable bonds is 3. The van der Waals surface area contributed by atoms with Crippen molar-refractivity contribution in [1.29, 1.82) is 0 Å². The standard InChI is InChI=1S/C13H20O2Si.C5H11N/c1-13(2,3)16(4,5)15-12-8-6-11(10-14)7-9-12;1-2-4-6-5-3-1/h6-10H,1-5H3;6H,1-5H2. The Morgan fingerprint density at radius 1 is 1.05 bits per heavy atom. The summed E-state index contributed by atoms with van der Waals surface area (Å²) >= 11 is 0. The normalized spacial score (nSPS) is 15.5. The minimum Gasteiger partial charge on any atom is -0.544 e. The van der Waals surface area contributed by atoms with Gasteiger partial charge in [-0.15, -0.1) is 0 Å². The summed E-state index contributed by atoms with van der Waals surface area (Å²) in [7, 11) is -1.76. The molecule has 0 atom stereocenters. The van der Waals surface area contributed by atoms with E-state index in [2.05, 4.69) is 39.2 Å². The van der Waals surface area contributed by atoms with E-state index < -0.39 is 8.32 Å². The molecule has 3 nitrogen and oxygen atoms in total. The lowest BCUT2D eigenvalue weighted by atomic mass is 10.2. The third kappa shape index (κ3) is 6.32. The van der Waals surface area contributed by atoms with Crippen LogP contribution in [0.3, 0.4) is 0 Å². The molecule has 2 rings (SSSR count). The van der Waals surface area contributed by atoms with E-state index in [1.165, 1.54) is 32.4 Å². The van der Waals surface area contributed by atoms with Gasteiger partial charge in [-0.25, -0.2) is 0 Å². The van der Waals surface area contributed by atoms with Crippen LogP contribution in [0.2, 0.25) is 18.1 Å². The van der Waals surface area contributed by atoms with Crippen molar-refractivity contribution in [2.75, 3.05) is 13.1 Å². The van der Waals surface area contributed by atoms with Crippen molar-refractivity contribution >= 4 is 14.6 Å². The number of hydrogen-bond acceptors (Lipinski definition) is 3. The van der Waals surface area contributed by atoms with Gasteiger partial charge < -0.3 is 9.74 Å². The molecule has 22 heavy (non-hydrogen) atoms. The van der Waals surface area contributed by atoms with Gasteiger partial charge in [0.15, 0.2) is 0 Å². The molecule has 0 aromatic heterocycles. The highest BCUT2D eigenvalue weighted by molar-refractivity contribution is 6.74. The second kappa shape index (κ2) is 8.49. The van der Waals surface area contributed by atoms with Crippen LogP contribution in [0, 0.1) is 0 Å². The first kappa shape index (κ1) is 18.9. The Morgan fingerprint density at radius 3 is 1.91 bits per heavy atom. The molecule has 0 bridgehead atoms. The third-order valence-corrected chi connectivity index (χ3v) is 8.76. The molecule has 0 aliphatic carbocycles. The lowest BCUT2D eigenvalue weighted by Gasteiger charge is -2.36. The van der Waals surface area contributed by atoms with Gasteiger partial charge in [0, 0.05) is 5.56 Å². The first-order valence-corrected chi connectivity index (χ1v) is 11.1. The molecule has 1 N–H and O–H groups in total. The molecule has 1 aromatic rings. The number of carbonyl (C=O) groups excluding carboxylic acids is 1. The predicted molar refractivity (Wildman–Crippen MR) is 96.4 cm³/mol. The fraction of sp³-hybridized carbons (Fsp3) is 0.611. The number of nitrogens with one attached hydrogen (secondary N) is 1. The van der Waals surface area contributed by atoms with E-state index in [0.29, 0.717) is 5.56 Å². The van der Waals surface area contributed by atoms with Gasteiger partial charge in [-0.05, 0) is 68.3 Å². The molecule has 1 aliphatic heterocycles. The van der Waals surface area contributed by atoms with Crippen molar-refractivity contribution < 1.29 is 9.22 Å². The maximum absolute atomic E-state index is 10.5. The molecule has 4 heteroatoms. The smallest absolute Gasteiger partial charge is 0.250 e. The third-order valence-electron chi connectivity index (χ3n) is 4.40. The fourth-order valence-corrected chi connectivity index (χ4v) is 2.90. The molecular formula is C18H31NO2Si. The Kier molecular flexibility index (Phi) is 7.30. The number of hydrogen-bond donors (Lipinski definition) is 1. The number of carbonyl (C=O) groups is 1. The zero-order chi connectivity index (χ0) is 16.6. The van der Waals surface area contributed by atoms with E-state index in [4.69, 9.17) is 4.43 Å². The average Bonchev–Trinajstić information content (AvgIpc) is 2.49. The second-order valence-electron chi connectivity index (χ2n) is 7.36. The molecule has 1 saturated heterocycles. The summed E-state index contributed by atoms with van der Waals surface area (Å²) in [5, 5.41) is 3.48. The molecule has 0 unspecified atom stereocenters. The molecular weight excluding hydrogens is 290 g/mol. The maximum Gasteiger partial charge on any atom is 0.250 e. The summed E-state index contributed by atoms with van der Waals surface area (Å²) in [5.74, 6) is 0.859. The van der Waals surface area contributed by atoms with Crippen LogP contribution in [0.5, 0.6) is 5.75 Å². The van der Waals surface area contributed by atoms with Crippen molar-refractivity contribution in [2.24, 2.45) is 0 Å². The summed E-state index contributed by atoms with van der Waals surface area (Å²) in [6.07, 6.45) is 5.06. The van der Waals surface area contributed by atoms with Gasteiger partial charge >= 0.3 is 0 Å². The van der Waals surface area contributed by atoms with E-state index in [1.807, 2.05) is 12.1 Å². The lowest BCUT2D eigenvalue weighted by Crippen LogP contribution is -2.43. The summed E-state index contributed by atoms with van der Waals surface area (Å²) in [5.41, 5.74) is 0.683. The summed E-state index contributed by atoms with van der Waals surface area (Å²) in [4.78, 5) is 10.5. The zero-order valence-electron chi connectivity index (χ0n) is 14.7. The minimum absolute atomic E-state index is 0.191. The summed E-state index contributed by atoms with van der Waals surface area (Å²) in [6.45, 7) is 13.5. The molecule has 0 spiro atoms. The van der Waals surface area contributed by atoms with Gasteiger partial charge in [-0.3, -0.25) is 4.79 Å². The van der Waals surface area contributed by atoms with Crippen LogP contribution >= 0.6 is 0 Å². The maximum atomic E-state index is 10.5. The van der Waals surface area contributed by atoms with Crippen molar-refractivity contribution in [3.05, 3.63) is 29.8 Å². The van der Waals surface area contributed by atoms with Gasteiger partial charge in [0.25, 0.3) is 0 Å². The lowest BCUT2D eigenvalue weighted by molar-refractivity contribution is 0.112. The molecule has 124 valence electrons. The first-order chi connectivity index (χ1) is 10.3. The monoisotopic (exact) mass is 321 g/mol. The van der Waals surface area contributed by atoms with Gasteiger partial charge in [0.1, 0.15) is 12.0 Å². The molecule has 1 heterocycles. The van der Waals surface area contributed by atoms with E-state index in [1.54, 1.807) is 12.1 Å². The average molecular weight is 322 g/mol. The van der Waals surface area contributed by atoms with Crippen molar-refractivity contribution in [3.8, 4) is 5.75 Å². The Hall–Kier alpha value is -1.13. The van der Waals surface area contributed by atoms with Crippen LogP contribution in [0.25, 0.3) is 0 Å². The fourth-order valence-electron chi connectivity index (χ4n) is 1.86. The predicted octanol–water partition coefficient (Wildman–Crippen LogP) is 4.64. The zero-order valence-corrected chi connectivity index (χ0v) is 15.7. The van der Waals surface area contributed by atoms with E-state index >= 15 is 0 Å². The van der Waals surface area contributed by atoms with E-state index in [0.717, 1.165) is 12.0 Å². The van der Waals surface area contributed by atoms with Crippen LogP contribution in [0.4, 0.5) is 0 Å². The largest absolute Gasteiger partial charge is 0.544 e. The van der Waals surface area contributed by atoms with Crippen LogP contribution in [0.15, 0.2) is 24.3 Å². The Bertz CT molecular complexity index is 434. The SMILES string of the molecule is C1CCNCC1.CC(C)(C)[Si](C)(C)Oc1ccc(C=O)cc1. The van der Waals surface area contributed by atoms with E-state index in [-0.39, 0.29) is 5.04 Å². The summed E-state index contributed by atoms with van der Waals surface area (Å²) < 4.78 is 6.09. The number of piperidine rings is 1. The van der Waals surface area contributed by atoms with Crippen LogP contribution in [-0.4, -0.2) is 27.7 Å². The highest BCUT2D eigenvalue weighted by Gasteiger charge is 2.38. The first-order valence-electron chi connectivity index (χ1n) is 8.21. The van der Waals surface area contributed by atoms with Gasteiger partial charge in [-0.1, -0.05) is 27.2 Å². The molecule has 1 fully saturated rings. The van der Waals surface area contributed by atoms with Gasteiger partial charge in [0.05, 0.1) is 0 Å².